The molecule has 1 saturated carbocycles. The number of carbonyl (C=O) groups excluding carboxylic acids is 1. The molecule has 0 aromatic carbocycles. The van der Waals surface area contributed by atoms with E-state index in [9.17, 15) is 4.79 Å². The van der Waals surface area contributed by atoms with Crippen LogP contribution in [0, 0.1) is 0 Å². The number of furan rings is 1. The minimum Gasteiger partial charge on any atom is -0.469 e. The average Bonchev–Trinajstić information content (AvgIpc) is 3.03. The Morgan fingerprint density at radius 1 is 1.53 bits per heavy atom. The molecule has 0 atom stereocenters. The van der Waals surface area contributed by atoms with E-state index in [1.54, 1.807) is 6.26 Å². The van der Waals surface area contributed by atoms with Crippen molar-refractivity contribution in [3.8, 4) is 0 Å². The number of hydrogen-bond donors (Lipinski definition) is 1. The van der Waals surface area contributed by atoms with Gasteiger partial charge in [-0.25, -0.2) is 0 Å². The van der Waals surface area contributed by atoms with Crippen LogP contribution in [0.4, 0.5) is 0 Å². The predicted octanol–water partition coefficient (Wildman–Crippen LogP) is 1.55. The fourth-order valence-electron chi connectivity index (χ4n) is 1.99. The molecule has 1 fully saturated rings. The Labute approximate surface area is 102 Å². The van der Waals surface area contributed by atoms with Gasteiger partial charge in [-0.15, -0.1) is 0 Å². The van der Waals surface area contributed by atoms with Crippen LogP contribution in [0.15, 0.2) is 22.8 Å². The van der Waals surface area contributed by atoms with Crippen LogP contribution in [-0.4, -0.2) is 29.9 Å². The molecule has 0 unspecified atom stereocenters. The van der Waals surface area contributed by atoms with Gasteiger partial charge in [-0.1, -0.05) is 0 Å². The number of rotatable bonds is 7. The van der Waals surface area contributed by atoms with E-state index >= 15 is 0 Å². The minimum absolute atomic E-state index is 0.234. The van der Waals surface area contributed by atoms with Crippen molar-refractivity contribution in [2.45, 2.75) is 38.1 Å². The molecule has 1 heterocycles. The van der Waals surface area contributed by atoms with Gasteiger partial charge in [0.15, 0.2) is 0 Å². The van der Waals surface area contributed by atoms with Crippen molar-refractivity contribution in [1.82, 2.24) is 4.90 Å². The third kappa shape index (κ3) is 3.60. The maximum atomic E-state index is 12.1. The molecule has 0 radical (unpaired) electrons. The highest BCUT2D eigenvalue weighted by molar-refractivity contribution is 5.77. The summed E-state index contributed by atoms with van der Waals surface area (Å²) in [5, 5.41) is 0. The van der Waals surface area contributed by atoms with E-state index in [0.29, 0.717) is 25.4 Å². The van der Waals surface area contributed by atoms with Crippen LogP contribution in [0.3, 0.4) is 0 Å². The van der Waals surface area contributed by atoms with Gasteiger partial charge in [0.25, 0.3) is 0 Å². The Hall–Kier alpha value is -1.29. The lowest BCUT2D eigenvalue weighted by Gasteiger charge is -2.22. The zero-order valence-electron chi connectivity index (χ0n) is 10.1. The molecule has 94 valence electrons. The average molecular weight is 236 g/mol. The van der Waals surface area contributed by atoms with Crippen LogP contribution in [0.2, 0.25) is 0 Å². The third-order valence-electron chi connectivity index (χ3n) is 3.08. The number of hydrogen-bond acceptors (Lipinski definition) is 3. The van der Waals surface area contributed by atoms with Crippen molar-refractivity contribution in [3.63, 3.8) is 0 Å². The first-order valence-electron chi connectivity index (χ1n) is 6.33. The van der Waals surface area contributed by atoms with E-state index < -0.39 is 0 Å². The lowest BCUT2D eigenvalue weighted by Crippen LogP contribution is -2.35. The number of amides is 1. The molecule has 4 heteroatoms. The van der Waals surface area contributed by atoms with Crippen LogP contribution in [0.25, 0.3) is 0 Å². The maximum absolute atomic E-state index is 12.1. The summed E-state index contributed by atoms with van der Waals surface area (Å²) in [4.78, 5) is 14.1. The molecule has 0 bridgehead atoms. The normalized spacial score (nSPS) is 14.9. The highest BCUT2D eigenvalue weighted by atomic mass is 16.3. The molecule has 17 heavy (non-hydrogen) atoms. The summed E-state index contributed by atoms with van der Waals surface area (Å²) in [6, 6.07) is 4.24. The summed E-state index contributed by atoms with van der Waals surface area (Å²) in [6.07, 6.45) is 6.07. The van der Waals surface area contributed by atoms with Gasteiger partial charge in [0.2, 0.25) is 5.91 Å². The maximum Gasteiger partial charge on any atom is 0.223 e. The molecule has 2 N–H and O–H groups in total. The van der Waals surface area contributed by atoms with Gasteiger partial charge in [0.1, 0.15) is 5.76 Å². The molecular formula is C13H20N2O2. The lowest BCUT2D eigenvalue weighted by molar-refractivity contribution is -0.131. The summed E-state index contributed by atoms with van der Waals surface area (Å²) >= 11 is 0. The van der Waals surface area contributed by atoms with Crippen molar-refractivity contribution in [2.75, 3.05) is 13.1 Å². The number of nitrogens with zero attached hydrogens (tertiary/aromatic N) is 1. The van der Waals surface area contributed by atoms with Crippen molar-refractivity contribution in [3.05, 3.63) is 24.2 Å². The standard InChI is InChI=1S/C13H20N2O2/c14-8-2-9-15(11-4-5-11)13(16)7-6-12-3-1-10-17-12/h1,3,10-11H,2,4-9,14H2. The third-order valence-corrected chi connectivity index (χ3v) is 3.08. The highest BCUT2D eigenvalue weighted by Gasteiger charge is 2.31. The molecule has 0 spiro atoms. The van der Waals surface area contributed by atoms with Crippen LogP contribution in [-0.2, 0) is 11.2 Å². The smallest absolute Gasteiger partial charge is 0.223 e. The fourth-order valence-corrected chi connectivity index (χ4v) is 1.99. The predicted molar refractivity (Wildman–Crippen MR) is 65.4 cm³/mol. The first kappa shape index (κ1) is 12.2. The number of nitrogens with two attached hydrogens (primary N) is 1. The SMILES string of the molecule is NCCCN(C(=O)CCc1ccco1)C1CC1. The van der Waals surface area contributed by atoms with Gasteiger partial charge in [-0.2, -0.15) is 0 Å². The van der Waals surface area contributed by atoms with Crippen molar-refractivity contribution < 1.29 is 9.21 Å². The van der Waals surface area contributed by atoms with E-state index in [1.807, 2.05) is 17.0 Å². The van der Waals surface area contributed by atoms with Gasteiger partial charge >= 0.3 is 0 Å². The van der Waals surface area contributed by atoms with Gasteiger partial charge < -0.3 is 15.1 Å². The van der Waals surface area contributed by atoms with Crippen LogP contribution in [0.1, 0.15) is 31.4 Å². The van der Waals surface area contributed by atoms with Crippen LogP contribution >= 0.6 is 0 Å². The molecule has 0 saturated heterocycles. The Kier molecular flexibility index (Phi) is 4.20. The summed E-state index contributed by atoms with van der Waals surface area (Å²) in [7, 11) is 0. The Morgan fingerprint density at radius 2 is 2.35 bits per heavy atom. The summed E-state index contributed by atoms with van der Waals surface area (Å²) in [6.45, 7) is 1.45. The second-order valence-corrected chi connectivity index (χ2v) is 4.54. The molecular weight excluding hydrogens is 216 g/mol. The second kappa shape index (κ2) is 5.87. The molecule has 4 nitrogen and oxygen atoms in total. The summed E-state index contributed by atoms with van der Waals surface area (Å²) in [5.74, 6) is 1.12. The number of aryl methyl sites for hydroxylation is 1. The Bertz CT molecular complexity index is 344. The summed E-state index contributed by atoms with van der Waals surface area (Å²) < 4.78 is 5.23. The molecule has 1 aromatic rings. The number of carbonyl (C=O) groups is 1. The van der Waals surface area contributed by atoms with Crippen molar-refractivity contribution in [1.29, 1.82) is 0 Å². The highest BCUT2D eigenvalue weighted by Crippen LogP contribution is 2.27. The van der Waals surface area contributed by atoms with E-state index in [4.69, 9.17) is 10.2 Å². The molecule has 1 aliphatic carbocycles. The van der Waals surface area contributed by atoms with E-state index in [-0.39, 0.29) is 5.91 Å². The van der Waals surface area contributed by atoms with Crippen molar-refractivity contribution >= 4 is 5.91 Å². The van der Waals surface area contributed by atoms with Crippen molar-refractivity contribution in [2.24, 2.45) is 5.73 Å². The minimum atomic E-state index is 0.234. The monoisotopic (exact) mass is 236 g/mol. The quantitative estimate of drug-likeness (QED) is 0.781. The molecule has 1 amide bonds. The molecule has 1 aromatic heterocycles. The topological polar surface area (TPSA) is 59.5 Å². The largest absolute Gasteiger partial charge is 0.469 e. The Balaban J connectivity index is 1.79. The molecule has 0 aliphatic heterocycles. The lowest BCUT2D eigenvalue weighted by atomic mass is 10.2. The fraction of sp³-hybridized carbons (Fsp3) is 0.615. The van der Waals surface area contributed by atoms with Gasteiger partial charge in [-0.3, -0.25) is 4.79 Å². The van der Waals surface area contributed by atoms with E-state index in [0.717, 1.165) is 31.6 Å². The van der Waals surface area contributed by atoms with Crippen LogP contribution in [0.5, 0.6) is 0 Å². The van der Waals surface area contributed by atoms with Crippen LogP contribution < -0.4 is 5.73 Å². The second-order valence-electron chi connectivity index (χ2n) is 4.54. The van der Waals surface area contributed by atoms with E-state index in [1.165, 1.54) is 0 Å². The zero-order chi connectivity index (χ0) is 12.1. The Morgan fingerprint density at radius 3 is 2.94 bits per heavy atom. The molecule has 1 aliphatic rings. The zero-order valence-corrected chi connectivity index (χ0v) is 10.1. The molecule has 2 rings (SSSR count). The van der Waals surface area contributed by atoms with Gasteiger partial charge in [-0.05, 0) is 37.9 Å². The summed E-state index contributed by atoms with van der Waals surface area (Å²) in [5.41, 5.74) is 5.50. The van der Waals surface area contributed by atoms with Gasteiger partial charge in [0.05, 0.1) is 6.26 Å². The first-order valence-corrected chi connectivity index (χ1v) is 6.33. The first-order chi connectivity index (χ1) is 8.31. The van der Waals surface area contributed by atoms with E-state index in [2.05, 4.69) is 0 Å². The van der Waals surface area contributed by atoms with Gasteiger partial charge in [0, 0.05) is 25.4 Å².